The smallest absolute Gasteiger partial charge is 0.306 e. The van der Waals surface area contributed by atoms with Gasteiger partial charge < -0.3 is 8.92 Å². The Kier molecular flexibility index (Phi) is 6.07. The van der Waals surface area contributed by atoms with E-state index in [1.54, 1.807) is 31.0 Å². The first-order chi connectivity index (χ1) is 13.9. The fourth-order valence-electron chi connectivity index (χ4n) is 3.47. The summed E-state index contributed by atoms with van der Waals surface area (Å²) in [5, 5.41) is 0. The van der Waals surface area contributed by atoms with E-state index in [2.05, 4.69) is 0 Å². The average molecular weight is 449 g/mol. The molecule has 0 heterocycles. The van der Waals surface area contributed by atoms with E-state index in [0.717, 1.165) is 11.2 Å². The Morgan fingerprint density at radius 2 is 1.70 bits per heavy atom. The van der Waals surface area contributed by atoms with Gasteiger partial charge in [-0.1, -0.05) is 26.8 Å². The molecule has 3 rings (SSSR count). The summed E-state index contributed by atoms with van der Waals surface area (Å²) in [6, 6.07) is 10.7. The summed E-state index contributed by atoms with van der Waals surface area (Å²) < 4.78 is 49.9. The number of fused-ring (bicyclic) bond motifs is 1. The van der Waals surface area contributed by atoms with E-state index in [-0.39, 0.29) is 5.76 Å². The Morgan fingerprint density at radius 3 is 2.23 bits per heavy atom. The minimum atomic E-state index is -3.81. The molecular weight excluding hydrogens is 423 g/mol. The average Bonchev–Trinajstić information content (AvgIpc) is 2.89. The van der Waals surface area contributed by atoms with Crippen molar-refractivity contribution < 1.29 is 21.7 Å². The van der Waals surface area contributed by atoms with Crippen molar-refractivity contribution in [3.05, 3.63) is 70.7 Å². The molecule has 0 N–H and O–H groups in total. The first-order valence-electron chi connectivity index (χ1n) is 9.37. The molecule has 0 saturated carbocycles. The van der Waals surface area contributed by atoms with E-state index < -0.39 is 21.4 Å². The zero-order valence-electron chi connectivity index (χ0n) is 17.9. The standard InChI is InChI=1S/C23H25FO4S2/c1-14-18(13-27-15-7-9-16(29-5)10-8-15)17-11-12-19(24)21(23(2,3)4)20(17)22(14)28-30(6,25)26/h7-13H,1-6H3/b18-13-. The van der Waals surface area contributed by atoms with Gasteiger partial charge in [-0.3, -0.25) is 0 Å². The summed E-state index contributed by atoms with van der Waals surface area (Å²) in [5.74, 6) is 0.383. The van der Waals surface area contributed by atoms with Crippen LogP contribution >= 0.6 is 11.8 Å². The summed E-state index contributed by atoms with van der Waals surface area (Å²) in [6.45, 7) is 7.39. The van der Waals surface area contributed by atoms with Gasteiger partial charge in [-0.2, -0.15) is 8.42 Å². The van der Waals surface area contributed by atoms with Gasteiger partial charge in [-0.25, -0.2) is 4.39 Å². The zero-order valence-corrected chi connectivity index (χ0v) is 19.5. The summed E-state index contributed by atoms with van der Waals surface area (Å²) in [6.07, 6.45) is 4.54. The minimum Gasteiger partial charge on any atom is -0.464 e. The van der Waals surface area contributed by atoms with Crippen molar-refractivity contribution in [3.63, 3.8) is 0 Å². The van der Waals surface area contributed by atoms with Gasteiger partial charge in [0.1, 0.15) is 11.6 Å². The summed E-state index contributed by atoms with van der Waals surface area (Å²) in [7, 11) is -3.81. The maximum Gasteiger partial charge on any atom is 0.306 e. The van der Waals surface area contributed by atoms with Crippen LogP contribution in [0.1, 0.15) is 44.4 Å². The van der Waals surface area contributed by atoms with E-state index >= 15 is 0 Å². The van der Waals surface area contributed by atoms with Crippen molar-refractivity contribution in [2.75, 3.05) is 12.5 Å². The molecule has 160 valence electrons. The fraction of sp³-hybridized carbons (Fsp3) is 0.304. The molecule has 2 aromatic carbocycles. The van der Waals surface area contributed by atoms with Crippen LogP contribution in [0.4, 0.5) is 4.39 Å². The molecule has 30 heavy (non-hydrogen) atoms. The second kappa shape index (κ2) is 8.12. The van der Waals surface area contributed by atoms with Crippen LogP contribution in [0.3, 0.4) is 0 Å². The molecule has 0 saturated heterocycles. The van der Waals surface area contributed by atoms with Crippen LogP contribution in [0, 0.1) is 5.82 Å². The molecule has 0 atom stereocenters. The quantitative estimate of drug-likeness (QED) is 0.320. The molecule has 0 spiro atoms. The van der Waals surface area contributed by atoms with Gasteiger partial charge in [0.05, 0.1) is 12.5 Å². The lowest BCUT2D eigenvalue weighted by atomic mass is 9.82. The first kappa shape index (κ1) is 22.4. The topological polar surface area (TPSA) is 52.6 Å². The highest BCUT2D eigenvalue weighted by Crippen LogP contribution is 2.47. The van der Waals surface area contributed by atoms with Crippen LogP contribution in [-0.4, -0.2) is 20.9 Å². The van der Waals surface area contributed by atoms with Crippen LogP contribution in [0.2, 0.25) is 0 Å². The monoisotopic (exact) mass is 448 g/mol. The van der Waals surface area contributed by atoms with Crippen LogP contribution in [0.25, 0.3) is 11.3 Å². The van der Waals surface area contributed by atoms with Crippen molar-refractivity contribution in [3.8, 4) is 5.75 Å². The van der Waals surface area contributed by atoms with Gasteiger partial charge in [0.2, 0.25) is 0 Å². The largest absolute Gasteiger partial charge is 0.464 e. The van der Waals surface area contributed by atoms with Gasteiger partial charge in [0, 0.05) is 27.2 Å². The predicted octanol–water partition coefficient (Wildman–Crippen LogP) is 5.99. The number of hydrogen-bond acceptors (Lipinski definition) is 5. The zero-order chi connectivity index (χ0) is 22.3. The Labute approximate surface area is 181 Å². The number of halogens is 1. The van der Waals surface area contributed by atoms with E-state index in [0.29, 0.717) is 33.6 Å². The highest BCUT2D eigenvalue weighted by molar-refractivity contribution is 7.98. The van der Waals surface area contributed by atoms with Crippen molar-refractivity contribution in [2.45, 2.75) is 38.0 Å². The van der Waals surface area contributed by atoms with Gasteiger partial charge in [-0.05, 0) is 54.5 Å². The summed E-state index contributed by atoms with van der Waals surface area (Å²) in [4.78, 5) is 1.12. The summed E-state index contributed by atoms with van der Waals surface area (Å²) in [5.41, 5.74) is 2.21. The lowest BCUT2D eigenvalue weighted by Gasteiger charge is -2.24. The number of hydrogen-bond donors (Lipinski definition) is 0. The fourth-order valence-corrected chi connectivity index (χ4v) is 4.39. The third kappa shape index (κ3) is 4.57. The Hall–Kier alpha value is -2.25. The van der Waals surface area contributed by atoms with Crippen LogP contribution in [0.5, 0.6) is 5.75 Å². The Balaban J connectivity index is 2.16. The number of allylic oxidation sites excluding steroid dienone is 2. The molecule has 0 unspecified atom stereocenters. The molecule has 0 aromatic heterocycles. The molecule has 0 aliphatic heterocycles. The van der Waals surface area contributed by atoms with E-state index in [9.17, 15) is 12.8 Å². The number of ether oxygens (including phenoxy) is 1. The molecule has 1 aliphatic carbocycles. The highest BCUT2D eigenvalue weighted by atomic mass is 32.2. The molecule has 7 heteroatoms. The lowest BCUT2D eigenvalue weighted by Crippen LogP contribution is -2.18. The molecular formula is C23H25FO4S2. The van der Waals surface area contributed by atoms with E-state index in [4.69, 9.17) is 8.92 Å². The van der Waals surface area contributed by atoms with Crippen LogP contribution in [-0.2, 0) is 19.7 Å². The molecule has 0 amide bonds. The molecule has 1 aliphatic rings. The number of benzene rings is 2. The van der Waals surface area contributed by atoms with Crippen molar-refractivity contribution in [1.82, 2.24) is 0 Å². The molecule has 0 radical (unpaired) electrons. The second-order valence-electron chi connectivity index (χ2n) is 8.16. The van der Waals surface area contributed by atoms with Crippen molar-refractivity contribution in [1.29, 1.82) is 0 Å². The molecule has 2 aromatic rings. The highest BCUT2D eigenvalue weighted by Gasteiger charge is 2.35. The van der Waals surface area contributed by atoms with Gasteiger partial charge in [-0.15, -0.1) is 11.8 Å². The predicted molar refractivity (Wildman–Crippen MR) is 120 cm³/mol. The molecule has 4 nitrogen and oxygen atoms in total. The third-order valence-electron chi connectivity index (χ3n) is 4.77. The first-order valence-corrected chi connectivity index (χ1v) is 12.4. The molecule has 0 fully saturated rings. The molecule has 0 bridgehead atoms. The second-order valence-corrected chi connectivity index (χ2v) is 10.6. The van der Waals surface area contributed by atoms with Gasteiger partial charge >= 0.3 is 10.1 Å². The Morgan fingerprint density at radius 1 is 1.07 bits per heavy atom. The normalized spacial score (nSPS) is 15.5. The van der Waals surface area contributed by atoms with E-state index in [1.807, 2.05) is 51.3 Å². The SMILES string of the molecule is CSc1ccc(O/C=C2/C(C)=C(OS(C)(=O)=O)c3c2ccc(F)c3C(C)(C)C)cc1. The third-order valence-corrected chi connectivity index (χ3v) is 5.99. The lowest BCUT2D eigenvalue weighted by molar-refractivity contribution is 0.463. The minimum absolute atomic E-state index is 0.143. The summed E-state index contributed by atoms with van der Waals surface area (Å²) >= 11 is 1.64. The van der Waals surface area contributed by atoms with Crippen molar-refractivity contribution in [2.24, 2.45) is 0 Å². The Bertz CT molecular complexity index is 1140. The maximum atomic E-state index is 14.8. The van der Waals surface area contributed by atoms with E-state index in [1.165, 1.54) is 6.07 Å². The number of thioether (sulfide) groups is 1. The van der Waals surface area contributed by atoms with Crippen LogP contribution < -0.4 is 4.74 Å². The van der Waals surface area contributed by atoms with Crippen LogP contribution in [0.15, 0.2) is 53.1 Å². The van der Waals surface area contributed by atoms with Crippen molar-refractivity contribution >= 4 is 33.2 Å². The number of rotatable bonds is 5. The van der Waals surface area contributed by atoms with Gasteiger partial charge in [0.25, 0.3) is 0 Å². The van der Waals surface area contributed by atoms with Gasteiger partial charge in [0.15, 0.2) is 5.76 Å². The maximum absolute atomic E-state index is 14.8.